The number of carbonyl (C=O) groups excluding carboxylic acids is 2. The van der Waals surface area contributed by atoms with Gasteiger partial charge in [-0.25, -0.2) is 9.78 Å². The second-order valence-electron chi connectivity index (χ2n) is 6.95. The lowest BCUT2D eigenvalue weighted by atomic mass is 10.2. The zero-order valence-electron chi connectivity index (χ0n) is 16.8. The number of likely N-dealkylation sites (tertiary alicyclic amines) is 1. The van der Waals surface area contributed by atoms with Crippen LogP contribution < -0.4 is 10.6 Å². The molecule has 0 bridgehead atoms. The maximum atomic E-state index is 12.6. The van der Waals surface area contributed by atoms with E-state index in [-0.39, 0.29) is 30.4 Å². The van der Waals surface area contributed by atoms with Crippen LogP contribution in [0.25, 0.3) is 10.1 Å². The van der Waals surface area contributed by atoms with Crippen LogP contribution in [0.2, 0.25) is 0 Å². The van der Waals surface area contributed by atoms with Crippen molar-refractivity contribution in [3.05, 3.63) is 51.9 Å². The lowest BCUT2D eigenvalue weighted by Crippen LogP contribution is -2.32. The molecule has 3 heterocycles. The van der Waals surface area contributed by atoms with Crippen LogP contribution in [-0.4, -0.2) is 47.6 Å². The zero-order chi connectivity index (χ0) is 21.1. The summed E-state index contributed by atoms with van der Waals surface area (Å²) in [4.78, 5) is 31.1. The van der Waals surface area contributed by atoms with E-state index < -0.39 is 0 Å². The first kappa shape index (κ1) is 23.3. The van der Waals surface area contributed by atoms with Gasteiger partial charge in [-0.3, -0.25) is 4.79 Å². The number of hydrogen-bond donors (Lipinski definition) is 2. The average Bonchev–Trinajstić information content (AvgIpc) is 3.36. The normalized spacial score (nSPS) is 15.4. The second-order valence-corrected chi connectivity index (χ2v) is 8.95. The molecule has 1 aliphatic heterocycles. The number of hydrogen-bond acceptors (Lipinski definition) is 6. The average molecular weight is 526 g/mol. The summed E-state index contributed by atoms with van der Waals surface area (Å²) in [5.74, 6) is 0.547. The number of pyridine rings is 1. The van der Waals surface area contributed by atoms with Crippen molar-refractivity contribution < 1.29 is 14.3 Å². The van der Waals surface area contributed by atoms with E-state index >= 15 is 0 Å². The van der Waals surface area contributed by atoms with E-state index in [0.717, 1.165) is 21.0 Å². The molecule has 164 valence electrons. The number of nitrogens with one attached hydrogen (secondary N) is 2. The van der Waals surface area contributed by atoms with Crippen molar-refractivity contribution in [1.82, 2.24) is 9.88 Å². The summed E-state index contributed by atoms with van der Waals surface area (Å²) in [7, 11) is 0. The Morgan fingerprint density at radius 2 is 2.13 bits per heavy atom. The minimum Gasteiger partial charge on any atom is -0.450 e. The monoisotopic (exact) mass is 524 g/mol. The van der Waals surface area contributed by atoms with Gasteiger partial charge in [0, 0.05) is 28.3 Å². The highest BCUT2D eigenvalue weighted by Gasteiger charge is 2.27. The van der Waals surface area contributed by atoms with E-state index in [2.05, 4.69) is 31.5 Å². The Labute approximate surface area is 198 Å². The molecule has 1 aromatic carbocycles. The molecule has 2 N–H and O–H groups in total. The Morgan fingerprint density at radius 1 is 1.29 bits per heavy atom. The molecular formula is C21H22BrClN4O3S. The number of halogens is 2. The van der Waals surface area contributed by atoms with Gasteiger partial charge in [0.25, 0.3) is 5.91 Å². The Balaban J connectivity index is 0.00000272. The summed E-state index contributed by atoms with van der Waals surface area (Å²) in [6, 6.07) is 11.6. The van der Waals surface area contributed by atoms with Gasteiger partial charge >= 0.3 is 6.09 Å². The van der Waals surface area contributed by atoms with Crippen molar-refractivity contribution in [2.75, 3.05) is 30.3 Å². The SMILES string of the molecule is CCOC(=O)N1CC[C@H](Nc2ccc(NC(=O)c3cc4cc(Br)ccc4s3)cn2)C1.Cl. The van der Waals surface area contributed by atoms with Crippen molar-refractivity contribution in [3.63, 3.8) is 0 Å². The van der Waals surface area contributed by atoms with Crippen LogP contribution >= 0.6 is 39.7 Å². The second kappa shape index (κ2) is 10.3. The number of carbonyl (C=O) groups is 2. The topological polar surface area (TPSA) is 83.6 Å². The fraction of sp³-hybridized carbons (Fsp3) is 0.286. The summed E-state index contributed by atoms with van der Waals surface area (Å²) < 4.78 is 7.09. The third-order valence-corrected chi connectivity index (χ3v) is 6.40. The first-order valence-corrected chi connectivity index (χ1v) is 11.3. The van der Waals surface area contributed by atoms with Gasteiger partial charge in [-0.05, 0) is 55.1 Å². The Bertz CT molecular complexity index is 1080. The molecule has 4 rings (SSSR count). The molecule has 0 spiro atoms. The van der Waals surface area contributed by atoms with Crippen LogP contribution in [0, 0.1) is 0 Å². The smallest absolute Gasteiger partial charge is 0.409 e. The van der Waals surface area contributed by atoms with Gasteiger partial charge < -0.3 is 20.3 Å². The van der Waals surface area contributed by atoms with Crippen LogP contribution in [0.3, 0.4) is 0 Å². The molecule has 1 saturated heterocycles. The van der Waals surface area contributed by atoms with Crippen molar-refractivity contribution in [3.8, 4) is 0 Å². The molecule has 1 aliphatic rings. The van der Waals surface area contributed by atoms with Crippen molar-refractivity contribution in [1.29, 1.82) is 0 Å². The van der Waals surface area contributed by atoms with Crippen LogP contribution in [0.15, 0.2) is 47.1 Å². The number of anilines is 2. The number of ether oxygens (including phenoxy) is 1. The standard InChI is InChI=1S/C21H21BrN4O3S.ClH/c1-2-29-21(28)26-8-7-16(12-26)24-19-6-4-15(11-23-19)25-20(27)18-10-13-9-14(22)3-5-17(13)30-18;/h3-6,9-11,16H,2,7-8,12H2,1H3,(H,23,24)(H,25,27);1H/t16-;/m0./s1. The first-order valence-electron chi connectivity index (χ1n) is 9.66. The van der Waals surface area contributed by atoms with Crippen LogP contribution in [0.5, 0.6) is 0 Å². The maximum absolute atomic E-state index is 12.6. The predicted molar refractivity (Wildman–Crippen MR) is 130 cm³/mol. The van der Waals surface area contributed by atoms with Crippen molar-refractivity contribution >= 4 is 73.3 Å². The number of rotatable bonds is 5. The van der Waals surface area contributed by atoms with Crippen LogP contribution in [0.4, 0.5) is 16.3 Å². The quantitative estimate of drug-likeness (QED) is 0.467. The van der Waals surface area contributed by atoms with E-state index in [4.69, 9.17) is 4.74 Å². The number of benzene rings is 1. The summed E-state index contributed by atoms with van der Waals surface area (Å²) in [6.45, 7) is 3.42. The molecule has 0 unspecified atom stereocenters. The summed E-state index contributed by atoms with van der Waals surface area (Å²) in [5.41, 5.74) is 0.628. The highest BCUT2D eigenvalue weighted by Crippen LogP contribution is 2.29. The van der Waals surface area contributed by atoms with Crippen molar-refractivity contribution in [2.24, 2.45) is 0 Å². The largest absolute Gasteiger partial charge is 0.450 e. The lowest BCUT2D eigenvalue weighted by molar-refractivity contribution is 0.103. The molecule has 3 aromatic rings. The molecule has 31 heavy (non-hydrogen) atoms. The minimum atomic E-state index is -0.276. The van der Waals surface area contributed by atoms with E-state index in [9.17, 15) is 9.59 Å². The Morgan fingerprint density at radius 3 is 2.87 bits per heavy atom. The molecule has 10 heteroatoms. The highest BCUT2D eigenvalue weighted by molar-refractivity contribution is 9.10. The van der Waals surface area contributed by atoms with Gasteiger partial charge in [0.05, 0.1) is 23.4 Å². The third kappa shape index (κ3) is 5.66. The molecule has 7 nitrogen and oxygen atoms in total. The zero-order valence-corrected chi connectivity index (χ0v) is 20.0. The molecule has 0 radical (unpaired) electrons. The van der Waals surface area contributed by atoms with E-state index in [1.54, 1.807) is 18.0 Å². The van der Waals surface area contributed by atoms with Gasteiger partial charge in [0.2, 0.25) is 0 Å². The number of amides is 2. The molecule has 0 aliphatic carbocycles. The number of thiophene rings is 1. The summed E-state index contributed by atoms with van der Waals surface area (Å²) >= 11 is 4.91. The number of fused-ring (bicyclic) bond motifs is 1. The van der Waals surface area contributed by atoms with Crippen molar-refractivity contribution in [2.45, 2.75) is 19.4 Å². The fourth-order valence-corrected chi connectivity index (χ4v) is 4.66. The Hall–Kier alpha value is -2.36. The molecule has 2 amide bonds. The van der Waals surface area contributed by atoms with Gasteiger partial charge in [-0.2, -0.15) is 0 Å². The number of aromatic nitrogens is 1. The number of nitrogens with zero attached hydrogens (tertiary/aromatic N) is 2. The first-order chi connectivity index (χ1) is 14.5. The lowest BCUT2D eigenvalue weighted by Gasteiger charge is -2.16. The van der Waals surface area contributed by atoms with Gasteiger partial charge in [0.15, 0.2) is 0 Å². The third-order valence-electron chi connectivity index (χ3n) is 4.79. The van der Waals surface area contributed by atoms with E-state index in [0.29, 0.717) is 36.1 Å². The predicted octanol–water partition coefficient (Wildman–Crippen LogP) is 5.38. The summed E-state index contributed by atoms with van der Waals surface area (Å²) in [6.07, 6.45) is 2.19. The van der Waals surface area contributed by atoms with E-state index in [1.165, 1.54) is 11.3 Å². The minimum absolute atomic E-state index is 0. The molecular weight excluding hydrogens is 504 g/mol. The molecule has 1 atom stereocenters. The Kier molecular flexibility index (Phi) is 7.74. The molecule has 2 aromatic heterocycles. The molecule has 1 fully saturated rings. The molecule has 0 saturated carbocycles. The van der Waals surface area contributed by atoms with E-state index in [1.807, 2.05) is 36.4 Å². The summed E-state index contributed by atoms with van der Waals surface area (Å²) in [5, 5.41) is 7.25. The van der Waals surface area contributed by atoms with Gasteiger partial charge in [0.1, 0.15) is 5.82 Å². The van der Waals surface area contributed by atoms with Crippen LogP contribution in [-0.2, 0) is 4.74 Å². The van der Waals surface area contributed by atoms with Gasteiger partial charge in [-0.1, -0.05) is 15.9 Å². The fourth-order valence-electron chi connectivity index (χ4n) is 3.34. The highest BCUT2D eigenvalue weighted by atomic mass is 79.9. The van der Waals surface area contributed by atoms with Crippen LogP contribution in [0.1, 0.15) is 23.0 Å². The maximum Gasteiger partial charge on any atom is 0.409 e. The van der Waals surface area contributed by atoms with Gasteiger partial charge in [-0.15, -0.1) is 23.7 Å².